The van der Waals surface area contributed by atoms with Gasteiger partial charge in [-0.15, -0.1) is 16.4 Å². The third kappa shape index (κ3) is 3.32. The summed E-state index contributed by atoms with van der Waals surface area (Å²) in [4.78, 5) is 33.7. The Balaban J connectivity index is 1.56. The number of carbonyl (C=O) groups is 1. The van der Waals surface area contributed by atoms with Crippen LogP contribution in [0.4, 0.5) is 5.13 Å². The van der Waals surface area contributed by atoms with Gasteiger partial charge >= 0.3 is 0 Å². The van der Waals surface area contributed by atoms with E-state index in [0.29, 0.717) is 21.7 Å². The maximum atomic E-state index is 12.6. The van der Waals surface area contributed by atoms with Gasteiger partial charge in [-0.05, 0) is 31.2 Å². The second-order valence-electron chi connectivity index (χ2n) is 5.77. The largest absolute Gasteiger partial charge is 0.300 e. The van der Waals surface area contributed by atoms with Gasteiger partial charge in [0.25, 0.3) is 11.5 Å². The lowest BCUT2D eigenvalue weighted by atomic mass is 10.2. The lowest BCUT2D eigenvalue weighted by Crippen LogP contribution is -2.34. The van der Waals surface area contributed by atoms with Crippen LogP contribution in [0.1, 0.15) is 13.0 Å². The van der Waals surface area contributed by atoms with Crippen LogP contribution in [0.15, 0.2) is 58.8 Å². The van der Waals surface area contributed by atoms with E-state index in [2.05, 4.69) is 25.6 Å². The molecule has 9 heteroatoms. The van der Waals surface area contributed by atoms with Gasteiger partial charge in [0.05, 0.1) is 11.1 Å². The van der Waals surface area contributed by atoms with E-state index >= 15 is 0 Å². The van der Waals surface area contributed by atoms with Gasteiger partial charge < -0.3 is 5.32 Å². The van der Waals surface area contributed by atoms with Crippen LogP contribution in [0.3, 0.4) is 0 Å². The molecule has 8 nitrogen and oxygen atoms in total. The Labute approximate surface area is 157 Å². The number of hydrogen-bond acceptors (Lipinski definition) is 7. The van der Waals surface area contributed by atoms with E-state index in [1.54, 1.807) is 37.4 Å². The lowest BCUT2D eigenvalue weighted by Gasteiger charge is -2.12. The second-order valence-corrected chi connectivity index (χ2v) is 6.63. The van der Waals surface area contributed by atoms with Gasteiger partial charge in [0.2, 0.25) is 0 Å². The summed E-state index contributed by atoms with van der Waals surface area (Å²) in [6.45, 7) is 1.59. The third-order valence-electron chi connectivity index (χ3n) is 4.00. The summed E-state index contributed by atoms with van der Waals surface area (Å²) in [5, 5.41) is 13.3. The van der Waals surface area contributed by atoms with Crippen molar-refractivity contribution in [1.29, 1.82) is 0 Å². The van der Waals surface area contributed by atoms with Gasteiger partial charge in [-0.1, -0.05) is 23.4 Å². The fourth-order valence-corrected chi connectivity index (χ4v) is 3.25. The minimum absolute atomic E-state index is 0.364. The monoisotopic (exact) mass is 378 g/mol. The first-order valence-electron chi connectivity index (χ1n) is 8.15. The number of amides is 1. The first kappa shape index (κ1) is 17.0. The van der Waals surface area contributed by atoms with Crippen LogP contribution in [-0.2, 0) is 4.79 Å². The highest BCUT2D eigenvalue weighted by molar-refractivity contribution is 7.14. The minimum atomic E-state index is -0.836. The Morgan fingerprint density at radius 1 is 1.15 bits per heavy atom. The number of fused-ring (bicyclic) bond motifs is 1. The summed E-state index contributed by atoms with van der Waals surface area (Å²) in [5.74, 6) is -0.399. The summed E-state index contributed by atoms with van der Waals surface area (Å²) in [5.41, 5.74) is 1.52. The molecular weight excluding hydrogens is 364 g/mol. The smallest absolute Gasteiger partial charge is 0.278 e. The average Bonchev–Trinajstić information content (AvgIpc) is 3.17. The summed E-state index contributed by atoms with van der Waals surface area (Å²) in [6.07, 6.45) is 1.68. The van der Waals surface area contributed by atoms with Gasteiger partial charge in [-0.2, -0.15) is 4.68 Å². The Hall–Kier alpha value is -3.46. The third-order valence-corrected chi connectivity index (χ3v) is 4.76. The molecule has 3 heterocycles. The van der Waals surface area contributed by atoms with Gasteiger partial charge in [0, 0.05) is 11.6 Å². The number of rotatable bonds is 4. The molecule has 134 valence electrons. The molecule has 3 aromatic heterocycles. The van der Waals surface area contributed by atoms with E-state index in [-0.39, 0.29) is 5.56 Å². The SMILES string of the molecule is C[C@@H](C(=O)Nc1nc(-c2ccccn2)cs1)n1nnc2ccccc2c1=O. The van der Waals surface area contributed by atoms with E-state index in [0.717, 1.165) is 10.4 Å². The number of carbonyl (C=O) groups excluding carboxylic acids is 1. The minimum Gasteiger partial charge on any atom is -0.300 e. The second kappa shape index (κ2) is 7.04. The maximum absolute atomic E-state index is 12.6. The zero-order chi connectivity index (χ0) is 18.8. The van der Waals surface area contributed by atoms with Gasteiger partial charge in [-0.3, -0.25) is 14.6 Å². The van der Waals surface area contributed by atoms with Crippen molar-refractivity contribution in [3.05, 3.63) is 64.4 Å². The highest BCUT2D eigenvalue weighted by Crippen LogP contribution is 2.23. The molecule has 0 fully saturated rings. The van der Waals surface area contributed by atoms with Crippen molar-refractivity contribution in [1.82, 2.24) is 25.0 Å². The van der Waals surface area contributed by atoms with Crippen molar-refractivity contribution in [2.24, 2.45) is 0 Å². The van der Waals surface area contributed by atoms with Crippen LogP contribution >= 0.6 is 11.3 Å². The number of pyridine rings is 1. The van der Waals surface area contributed by atoms with Crippen LogP contribution in [0.25, 0.3) is 22.3 Å². The Morgan fingerprint density at radius 2 is 1.96 bits per heavy atom. The molecule has 0 aliphatic carbocycles. The molecule has 0 unspecified atom stereocenters. The molecule has 0 saturated carbocycles. The highest BCUT2D eigenvalue weighted by atomic mass is 32.1. The van der Waals surface area contributed by atoms with E-state index in [1.807, 2.05) is 23.6 Å². The summed E-state index contributed by atoms with van der Waals surface area (Å²) in [6, 6.07) is 11.6. The number of thiazole rings is 1. The standard InChI is InChI=1S/C18H14N6O2S/c1-11(24-17(26)12-6-2-3-7-13(12)22-23-24)16(25)21-18-20-15(10-27-18)14-8-4-5-9-19-14/h2-11H,1H3,(H,20,21,25)/t11-/m0/s1. The van der Waals surface area contributed by atoms with E-state index in [4.69, 9.17) is 0 Å². The molecule has 4 rings (SSSR count). The fourth-order valence-electron chi connectivity index (χ4n) is 2.54. The zero-order valence-corrected chi connectivity index (χ0v) is 15.1. The Kier molecular flexibility index (Phi) is 4.43. The molecule has 27 heavy (non-hydrogen) atoms. The van der Waals surface area contributed by atoms with E-state index in [9.17, 15) is 9.59 Å². The van der Waals surface area contributed by atoms with Crippen LogP contribution in [0.5, 0.6) is 0 Å². The van der Waals surface area contributed by atoms with E-state index < -0.39 is 11.9 Å². The van der Waals surface area contributed by atoms with Crippen molar-refractivity contribution < 1.29 is 4.79 Å². The molecule has 1 N–H and O–H groups in total. The molecule has 1 aromatic carbocycles. The van der Waals surface area contributed by atoms with Crippen molar-refractivity contribution in [3.63, 3.8) is 0 Å². The first-order chi connectivity index (χ1) is 13.1. The predicted molar refractivity (Wildman–Crippen MR) is 102 cm³/mol. The predicted octanol–water partition coefficient (Wildman–Crippen LogP) is 2.51. The van der Waals surface area contributed by atoms with Crippen molar-refractivity contribution in [2.45, 2.75) is 13.0 Å². The van der Waals surface area contributed by atoms with E-state index in [1.165, 1.54) is 11.3 Å². The quantitative estimate of drug-likeness (QED) is 0.585. The molecule has 0 bridgehead atoms. The van der Waals surface area contributed by atoms with Crippen LogP contribution in [-0.4, -0.2) is 30.9 Å². The van der Waals surface area contributed by atoms with Crippen LogP contribution in [0.2, 0.25) is 0 Å². The maximum Gasteiger partial charge on any atom is 0.278 e. The molecule has 0 spiro atoms. The molecule has 4 aromatic rings. The van der Waals surface area contributed by atoms with Gasteiger partial charge in [-0.25, -0.2) is 4.98 Å². The van der Waals surface area contributed by atoms with Crippen LogP contribution < -0.4 is 10.9 Å². The summed E-state index contributed by atoms with van der Waals surface area (Å²) < 4.78 is 1.07. The van der Waals surface area contributed by atoms with Gasteiger partial charge in [0.15, 0.2) is 5.13 Å². The molecule has 0 aliphatic heterocycles. The lowest BCUT2D eigenvalue weighted by molar-refractivity contribution is -0.119. The fraction of sp³-hybridized carbons (Fsp3) is 0.111. The van der Waals surface area contributed by atoms with Crippen molar-refractivity contribution >= 4 is 33.3 Å². The van der Waals surface area contributed by atoms with Crippen molar-refractivity contribution in [2.75, 3.05) is 5.32 Å². The molecular formula is C18H14N6O2S. The summed E-state index contributed by atoms with van der Waals surface area (Å²) >= 11 is 1.29. The number of hydrogen-bond donors (Lipinski definition) is 1. The molecule has 1 atom stereocenters. The number of nitrogens with one attached hydrogen (secondary N) is 1. The van der Waals surface area contributed by atoms with Gasteiger partial charge in [0.1, 0.15) is 17.3 Å². The molecule has 0 saturated heterocycles. The zero-order valence-electron chi connectivity index (χ0n) is 14.2. The topological polar surface area (TPSA) is 103 Å². The first-order valence-corrected chi connectivity index (χ1v) is 9.03. The summed E-state index contributed by atoms with van der Waals surface area (Å²) in [7, 11) is 0. The Bertz CT molecular complexity index is 1170. The molecule has 0 aliphatic rings. The Morgan fingerprint density at radius 3 is 2.78 bits per heavy atom. The molecule has 0 radical (unpaired) electrons. The van der Waals surface area contributed by atoms with Crippen molar-refractivity contribution in [3.8, 4) is 11.4 Å². The van der Waals surface area contributed by atoms with Crippen LogP contribution in [0, 0.1) is 0 Å². The number of anilines is 1. The number of benzene rings is 1. The number of nitrogens with zero attached hydrogens (tertiary/aromatic N) is 5. The average molecular weight is 378 g/mol. The highest BCUT2D eigenvalue weighted by Gasteiger charge is 2.20. The number of aromatic nitrogens is 5. The molecule has 1 amide bonds. The normalized spacial score (nSPS) is 12.0.